The van der Waals surface area contributed by atoms with Crippen LogP contribution in [-0.2, 0) is 0 Å². The highest BCUT2D eigenvalue weighted by atomic mass is 32.1. The molecule has 1 aromatic rings. The molecule has 0 bridgehead atoms. The Morgan fingerprint density at radius 1 is 1.30 bits per heavy atom. The molecule has 20 heavy (non-hydrogen) atoms. The number of nitrogens with one attached hydrogen (secondary N) is 2. The third kappa shape index (κ3) is 5.69. The van der Waals surface area contributed by atoms with Gasteiger partial charge in [0.15, 0.2) is 5.11 Å². The summed E-state index contributed by atoms with van der Waals surface area (Å²) in [6, 6.07) is 6.46. The molecule has 3 nitrogen and oxygen atoms in total. The fourth-order valence-electron chi connectivity index (χ4n) is 1.33. The second kappa shape index (κ2) is 6.83. The summed E-state index contributed by atoms with van der Waals surface area (Å²) in [5.41, 5.74) is 0.661. The Bertz CT molecular complexity index is 461. The molecular weight excluding hydrogens is 282 g/mol. The lowest BCUT2D eigenvalue weighted by Crippen LogP contribution is -2.43. The first-order valence-corrected chi connectivity index (χ1v) is 6.71. The van der Waals surface area contributed by atoms with Gasteiger partial charge in [-0.05, 0) is 36.7 Å². The van der Waals surface area contributed by atoms with Crippen LogP contribution in [0.5, 0.6) is 5.75 Å². The van der Waals surface area contributed by atoms with Gasteiger partial charge in [0.2, 0.25) is 0 Å². The molecule has 0 aromatic heterocycles. The normalized spacial score (nSPS) is 12.9. The summed E-state index contributed by atoms with van der Waals surface area (Å²) in [7, 11) is 0. The van der Waals surface area contributed by atoms with Crippen molar-refractivity contribution in [2.24, 2.45) is 5.41 Å². The van der Waals surface area contributed by atoms with Crippen molar-refractivity contribution >= 4 is 23.0 Å². The molecule has 6 heteroatoms. The molecule has 0 spiro atoms. The lowest BCUT2D eigenvalue weighted by atomic mass is 9.88. The minimum atomic E-state index is -2.84. The fourth-order valence-corrected chi connectivity index (χ4v) is 1.62. The van der Waals surface area contributed by atoms with Crippen LogP contribution in [0, 0.1) is 5.41 Å². The molecule has 2 N–H and O–H groups in total. The van der Waals surface area contributed by atoms with Gasteiger partial charge in [-0.15, -0.1) is 0 Å². The minimum Gasteiger partial charge on any atom is -0.435 e. The molecule has 1 atom stereocenters. The topological polar surface area (TPSA) is 33.3 Å². The predicted molar refractivity (Wildman–Crippen MR) is 81.3 cm³/mol. The van der Waals surface area contributed by atoms with Crippen molar-refractivity contribution in [1.29, 1.82) is 0 Å². The van der Waals surface area contributed by atoms with Crippen LogP contribution in [0.1, 0.15) is 27.7 Å². The highest BCUT2D eigenvalue weighted by Gasteiger charge is 2.20. The van der Waals surface area contributed by atoms with Crippen molar-refractivity contribution in [2.45, 2.75) is 40.3 Å². The van der Waals surface area contributed by atoms with Gasteiger partial charge in [0, 0.05) is 17.8 Å². The number of ether oxygens (including phenoxy) is 1. The number of thiocarbonyl (C=S) groups is 1. The van der Waals surface area contributed by atoms with Crippen molar-refractivity contribution in [3.63, 3.8) is 0 Å². The maximum atomic E-state index is 12.1. The van der Waals surface area contributed by atoms with Gasteiger partial charge in [0.05, 0.1) is 0 Å². The maximum absolute atomic E-state index is 12.1. The monoisotopic (exact) mass is 302 g/mol. The van der Waals surface area contributed by atoms with Gasteiger partial charge in [0.25, 0.3) is 0 Å². The lowest BCUT2D eigenvalue weighted by molar-refractivity contribution is -0.0497. The van der Waals surface area contributed by atoms with E-state index in [-0.39, 0.29) is 17.2 Å². The van der Waals surface area contributed by atoms with Crippen LogP contribution in [0.4, 0.5) is 14.5 Å². The third-order valence-corrected chi connectivity index (χ3v) is 3.18. The zero-order chi connectivity index (χ0) is 15.3. The van der Waals surface area contributed by atoms with E-state index in [1.165, 1.54) is 12.1 Å². The van der Waals surface area contributed by atoms with Gasteiger partial charge in [-0.3, -0.25) is 0 Å². The molecule has 1 unspecified atom stereocenters. The van der Waals surface area contributed by atoms with Gasteiger partial charge >= 0.3 is 6.61 Å². The standard InChI is InChI=1S/C14H20F2N2OS/c1-9(14(2,3)4)17-13(20)18-10-6-5-7-11(8-10)19-12(15)16/h5-9,12H,1-4H3,(H2,17,18,20). The predicted octanol–water partition coefficient (Wildman–Crippen LogP) is 4.01. The fraction of sp³-hybridized carbons (Fsp3) is 0.500. The lowest BCUT2D eigenvalue weighted by Gasteiger charge is -2.29. The molecule has 0 amide bonds. The highest BCUT2D eigenvalue weighted by molar-refractivity contribution is 7.80. The van der Waals surface area contributed by atoms with Crippen molar-refractivity contribution < 1.29 is 13.5 Å². The van der Waals surface area contributed by atoms with Crippen molar-refractivity contribution in [3.05, 3.63) is 24.3 Å². The van der Waals surface area contributed by atoms with Crippen LogP contribution >= 0.6 is 12.2 Å². The quantitative estimate of drug-likeness (QED) is 0.823. The zero-order valence-corrected chi connectivity index (χ0v) is 12.9. The Hall–Kier alpha value is -1.43. The van der Waals surface area contributed by atoms with Gasteiger partial charge in [-0.25, -0.2) is 0 Å². The van der Waals surface area contributed by atoms with Crippen LogP contribution in [0.3, 0.4) is 0 Å². The highest BCUT2D eigenvalue weighted by Crippen LogP contribution is 2.20. The van der Waals surface area contributed by atoms with Crippen molar-refractivity contribution in [3.8, 4) is 5.75 Å². The minimum absolute atomic E-state index is 0.0619. The Balaban J connectivity index is 2.62. The summed E-state index contributed by atoms with van der Waals surface area (Å²) in [5, 5.41) is 6.56. The van der Waals surface area contributed by atoms with Crippen LogP contribution in [-0.4, -0.2) is 17.8 Å². The molecule has 0 fully saturated rings. The SMILES string of the molecule is CC(NC(=S)Nc1cccc(OC(F)F)c1)C(C)(C)C. The number of hydrogen-bond acceptors (Lipinski definition) is 2. The molecule has 0 aliphatic carbocycles. The van der Waals surface area contributed by atoms with Gasteiger partial charge < -0.3 is 15.4 Å². The Morgan fingerprint density at radius 2 is 1.95 bits per heavy atom. The summed E-state index contributed by atoms with van der Waals surface area (Å²) in [6.45, 7) is 5.50. The molecule has 0 saturated carbocycles. The Kier molecular flexibility index (Phi) is 5.68. The van der Waals surface area contributed by atoms with E-state index < -0.39 is 6.61 Å². The second-order valence-electron chi connectivity index (χ2n) is 5.59. The summed E-state index contributed by atoms with van der Waals surface area (Å²) in [5.74, 6) is 0.0941. The first kappa shape index (κ1) is 16.6. The molecule has 0 radical (unpaired) electrons. The number of rotatable bonds is 4. The molecule has 1 aromatic carbocycles. The first-order chi connectivity index (χ1) is 9.18. The van der Waals surface area contributed by atoms with E-state index in [4.69, 9.17) is 12.2 Å². The average molecular weight is 302 g/mol. The molecule has 0 aliphatic heterocycles. The van der Waals surface area contributed by atoms with Crippen LogP contribution in [0.15, 0.2) is 24.3 Å². The van der Waals surface area contributed by atoms with Gasteiger partial charge in [-0.2, -0.15) is 8.78 Å². The van der Waals surface area contributed by atoms with Crippen molar-refractivity contribution in [2.75, 3.05) is 5.32 Å². The number of benzene rings is 1. The van der Waals surface area contributed by atoms with E-state index in [1.807, 2.05) is 6.92 Å². The number of alkyl halides is 2. The Labute approximate surface area is 123 Å². The van der Waals surface area contributed by atoms with E-state index in [1.54, 1.807) is 12.1 Å². The Morgan fingerprint density at radius 3 is 2.50 bits per heavy atom. The molecule has 0 aliphatic rings. The van der Waals surface area contributed by atoms with E-state index in [2.05, 4.69) is 36.1 Å². The number of halogens is 2. The summed E-state index contributed by atoms with van der Waals surface area (Å²) in [4.78, 5) is 0. The molecule has 1 rings (SSSR count). The number of anilines is 1. The summed E-state index contributed by atoms with van der Waals surface area (Å²) < 4.78 is 28.6. The largest absolute Gasteiger partial charge is 0.435 e. The third-order valence-electron chi connectivity index (χ3n) is 2.96. The zero-order valence-electron chi connectivity index (χ0n) is 12.0. The van der Waals surface area contributed by atoms with E-state index >= 15 is 0 Å². The smallest absolute Gasteiger partial charge is 0.387 e. The molecule has 112 valence electrons. The molecule has 0 heterocycles. The van der Waals surface area contributed by atoms with Gasteiger partial charge in [-0.1, -0.05) is 26.8 Å². The van der Waals surface area contributed by atoms with Crippen LogP contribution in [0.25, 0.3) is 0 Å². The van der Waals surface area contributed by atoms with E-state index in [9.17, 15) is 8.78 Å². The van der Waals surface area contributed by atoms with Crippen molar-refractivity contribution in [1.82, 2.24) is 5.32 Å². The molecular formula is C14H20F2N2OS. The number of hydrogen-bond donors (Lipinski definition) is 2. The van der Waals surface area contributed by atoms with Gasteiger partial charge in [0.1, 0.15) is 5.75 Å². The summed E-state index contributed by atoms with van der Waals surface area (Å²) >= 11 is 5.20. The summed E-state index contributed by atoms with van der Waals surface area (Å²) in [6.07, 6.45) is 0. The first-order valence-electron chi connectivity index (χ1n) is 6.31. The van der Waals surface area contributed by atoms with E-state index in [0.717, 1.165) is 0 Å². The average Bonchev–Trinajstić information content (AvgIpc) is 2.26. The van der Waals surface area contributed by atoms with E-state index in [0.29, 0.717) is 10.8 Å². The maximum Gasteiger partial charge on any atom is 0.387 e. The molecule has 0 saturated heterocycles. The van der Waals surface area contributed by atoms with Crippen LogP contribution < -0.4 is 15.4 Å². The van der Waals surface area contributed by atoms with Crippen LogP contribution in [0.2, 0.25) is 0 Å². The second-order valence-corrected chi connectivity index (χ2v) is 6.00.